The number of hydrogen-bond acceptors (Lipinski definition) is 3. The van der Waals surface area contributed by atoms with Crippen molar-refractivity contribution in [2.24, 2.45) is 0 Å². The maximum absolute atomic E-state index is 13.7. The van der Waals surface area contributed by atoms with E-state index in [4.69, 9.17) is 0 Å². The molecule has 1 saturated heterocycles. The van der Waals surface area contributed by atoms with E-state index in [-0.39, 0.29) is 17.6 Å². The molecular formula is C22H26FN3O2. The molecule has 1 N–H and O–H groups in total. The van der Waals surface area contributed by atoms with Crippen LogP contribution in [-0.2, 0) is 11.3 Å². The molecule has 28 heavy (non-hydrogen) atoms. The lowest BCUT2D eigenvalue weighted by Gasteiger charge is -2.34. The Balaban J connectivity index is 1.45. The average molecular weight is 383 g/mol. The third-order valence-corrected chi connectivity index (χ3v) is 5.18. The van der Waals surface area contributed by atoms with E-state index < -0.39 is 0 Å². The number of hydrogen-bond donors (Lipinski definition) is 1. The second kappa shape index (κ2) is 8.97. The standard InChI is InChI=1S/C22H26FN3O2/c1-16-5-3-4-6-19(16)14-24-21(27)15-25-9-11-26(12-10-25)22(28)18-8-7-17(2)20(23)13-18/h3-8,13H,9-12,14-15H2,1-2H3,(H,24,27). The molecule has 1 heterocycles. The van der Waals surface area contributed by atoms with Crippen molar-refractivity contribution in [3.63, 3.8) is 0 Å². The molecule has 0 aromatic heterocycles. The van der Waals surface area contributed by atoms with Gasteiger partial charge in [-0.05, 0) is 42.7 Å². The van der Waals surface area contributed by atoms with Gasteiger partial charge < -0.3 is 10.2 Å². The Morgan fingerprint density at radius 3 is 2.39 bits per heavy atom. The number of nitrogens with zero attached hydrogens (tertiary/aromatic N) is 2. The van der Waals surface area contributed by atoms with Gasteiger partial charge in [0.15, 0.2) is 0 Å². The van der Waals surface area contributed by atoms with Crippen molar-refractivity contribution in [3.8, 4) is 0 Å². The average Bonchev–Trinajstić information content (AvgIpc) is 2.69. The third kappa shape index (κ3) is 4.95. The summed E-state index contributed by atoms with van der Waals surface area (Å²) in [5.41, 5.74) is 3.16. The minimum absolute atomic E-state index is 0.0244. The SMILES string of the molecule is Cc1ccc(C(=O)N2CCN(CC(=O)NCc3ccccc3C)CC2)cc1F. The van der Waals surface area contributed by atoms with E-state index in [2.05, 4.69) is 5.32 Å². The van der Waals surface area contributed by atoms with E-state index in [1.165, 1.54) is 6.07 Å². The quantitative estimate of drug-likeness (QED) is 0.863. The van der Waals surface area contributed by atoms with Gasteiger partial charge in [-0.25, -0.2) is 4.39 Å². The molecule has 2 aromatic carbocycles. The molecule has 5 nitrogen and oxygen atoms in total. The Morgan fingerprint density at radius 2 is 1.71 bits per heavy atom. The first kappa shape index (κ1) is 20.0. The zero-order valence-electron chi connectivity index (χ0n) is 16.4. The van der Waals surface area contributed by atoms with E-state index in [1.54, 1.807) is 24.0 Å². The van der Waals surface area contributed by atoms with Gasteiger partial charge in [-0.15, -0.1) is 0 Å². The zero-order valence-corrected chi connectivity index (χ0v) is 16.4. The molecule has 0 unspecified atom stereocenters. The molecule has 0 bridgehead atoms. The van der Waals surface area contributed by atoms with Crippen molar-refractivity contribution >= 4 is 11.8 Å². The van der Waals surface area contributed by atoms with Crippen molar-refractivity contribution in [2.75, 3.05) is 32.7 Å². The number of amides is 2. The van der Waals surface area contributed by atoms with Gasteiger partial charge in [0.2, 0.25) is 5.91 Å². The predicted octanol–water partition coefficient (Wildman–Crippen LogP) is 2.52. The molecule has 0 radical (unpaired) electrons. The van der Waals surface area contributed by atoms with E-state index >= 15 is 0 Å². The molecule has 1 aliphatic heterocycles. The summed E-state index contributed by atoms with van der Waals surface area (Å²) < 4.78 is 13.7. The van der Waals surface area contributed by atoms with Gasteiger partial charge in [-0.1, -0.05) is 30.3 Å². The number of rotatable bonds is 5. The molecule has 3 rings (SSSR count). The summed E-state index contributed by atoms with van der Waals surface area (Å²) in [7, 11) is 0. The lowest BCUT2D eigenvalue weighted by Crippen LogP contribution is -2.51. The highest BCUT2D eigenvalue weighted by Crippen LogP contribution is 2.13. The van der Waals surface area contributed by atoms with Crippen LogP contribution in [0.25, 0.3) is 0 Å². The van der Waals surface area contributed by atoms with Gasteiger partial charge in [-0.3, -0.25) is 14.5 Å². The Morgan fingerprint density at radius 1 is 1.00 bits per heavy atom. The van der Waals surface area contributed by atoms with Crippen LogP contribution in [-0.4, -0.2) is 54.3 Å². The Labute approximate surface area is 165 Å². The van der Waals surface area contributed by atoms with Gasteiger partial charge in [0, 0.05) is 38.3 Å². The fourth-order valence-electron chi connectivity index (χ4n) is 3.28. The van der Waals surface area contributed by atoms with Crippen molar-refractivity contribution in [2.45, 2.75) is 20.4 Å². The summed E-state index contributed by atoms with van der Waals surface area (Å²) in [4.78, 5) is 28.5. The van der Waals surface area contributed by atoms with Crippen LogP contribution >= 0.6 is 0 Å². The first-order valence-electron chi connectivity index (χ1n) is 9.53. The Hall–Kier alpha value is -2.73. The summed E-state index contributed by atoms with van der Waals surface area (Å²) in [6.45, 7) is 6.83. The Bertz CT molecular complexity index is 861. The number of benzene rings is 2. The van der Waals surface area contributed by atoms with Gasteiger partial charge >= 0.3 is 0 Å². The normalized spacial score (nSPS) is 14.8. The molecule has 0 spiro atoms. The van der Waals surface area contributed by atoms with Crippen LogP contribution < -0.4 is 5.32 Å². The number of halogens is 1. The van der Waals surface area contributed by atoms with Crippen LogP contribution in [0.1, 0.15) is 27.0 Å². The van der Waals surface area contributed by atoms with E-state index in [1.807, 2.05) is 36.1 Å². The lowest BCUT2D eigenvalue weighted by atomic mass is 10.1. The lowest BCUT2D eigenvalue weighted by molar-refractivity contribution is -0.122. The highest BCUT2D eigenvalue weighted by Gasteiger charge is 2.23. The molecule has 0 saturated carbocycles. The maximum atomic E-state index is 13.7. The van der Waals surface area contributed by atoms with Crippen LogP contribution in [0.4, 0.5) is 4.39 Å². The summed E-state index contributed by atoms with van der Waals surface area (Å²) >= 11 is 0. The molecule has 148 valence electrons. The number of aryl methyl sites for hydroxylation is 2. The van der Waals surface area contributed by atoms with Gasteiger partial charge in [0.05, 0.1) is 6.54 Å². The number of nitrogens with one attached hydrogen (secondary N) is 1. The summed E-state index contributed by atoms with van der Waals surface area (Å²) in [6.07, 6.45) is 0. The molecule has 2 aromatic rings. The smallest absolute Gasteiger partial charge is 0.254 e. The van der Waals surface area contributed by atoms with Crippen LogP contribution in [0, 0.1) is 19.7 Å². The molecule has 2 amide bonds. The van der Waals surface area contributed by atoms with E-state index in [9.17, 15) is 14.0 Å². The fraction of sp³-hybridized carbons (Fsp3) is 0.364. The highest BCUT2D eigenvalue weighted by molar-refractivity contribution is 5.94. The minimum atomic E-state index is -0.366. The molecule has 6 heteroatoms. The van der Waals surface area contributed by atoms with Crippen LogP contribution in [0.3, 0.4) is 0 Å². The molecule has 0 atom stereocenters. The molecule has 1 fully saturated rings. The predicted molar refractivity (Wildman–Crippen MR) is 107 cm³/mol. The van der Waals surface area contributed by atoms with Crippen LogP contribution in [0.15, 0.2) is 42.5 Å². The van der Waals surface area contributed by atoms with Crippen molar-refractivity contribution in [3.05, 3.63) is 70.5 Å². The largest absolute Gasteiger partial charge is 0.351 e. The van der Waals surface area contributed by atoms with Gasteiger partial charge in [0.1, 0.15) is 5.82 Å². The van der Waals surface area contributed by atoms with Crippen LogP contribution in [0.2, 0.25) is 0 Å². The fourth-order valence-corrected chi connectivity index (χ4v) is 3.28. The first-order valence-corrected chi connectivity index (χ1v) is 9.53. The first-order chi connectivity index (χ1) is 13.4. The second-order valence-electron chi connectivity index (χ2n) is 7.24. The zero-order chi connectivity index (χ0) is 20.1. The van der Waals surface area contributed by atoms with Crippen molar-refractivity contribution < 1.29 is 14.0 Å². The second-order valence-corrected chi connectivity index (χ2v) is 7.24. The monoisotopic (exact) mass is 383 g/mol. The number of piperazine rings is 1. The van der Waals surface area contributed by atoms with E-state index in [0.29, 0.717) is 50.4 Å². The van der Waals surface area contributed by atoms with Gasteiger partial charge in [0.25, 0.3) is 5.91 Å². The van der Waals surface area contributed by atoms with E-state index in [0.717, 1.165) is 11.1 Å². The summed E-state index contributed by atoms with van der Waals surface area (Å²) in [6, 6.07) is 12.6. The van der Waals surface area contributed by atoms with Crippen molar-refractivity contribution in [1.29, 1.82) is 0 Å². The Kier molecular flexibility index (Phi) is 6.41. The van der Waals surface area contributed by atoms with Gasteiger partial charge in [-0.2, -0.15) is 0 Å². The number of carbonyl (C=O) groups excluding carboxylic acids is 2. The third-order valence-electron chi connectivity index (χ3n) is 5.18. The highest BCUT2D eigenvalue weighted by atomic mass is 19.1. The molecular weight excluding hydrogens is 357 g/mol. The molecule has 0 aliphatic carbocycles. The van der Waals surface area contributed by atoms with Crippen molar-refractivity contribution in [1.82, 2.24) is 15.1 Å². The topological polar surface area (TPSA) is 52.7 Å². The summed E-state index contributed by atoms with van der Waals surface area (Å²) in [5, 5.41) is 2.96. The summed E-state index contributed by atoms with van der Waals surface area (Å²) in [5.74, 6) is -0.555. The number of carbonyl (C=O) groups is 2. The maximum Gasteiger partial charge on any atom is 0.254 e. The minimum Gasteiger partial charge on any atom is -0.351 e. The molecule has 1 aliphatic rings. The van der Waals surface area contributed by atoms with Crippen LogP contribution in [0.5, 0.6) is 0 Å².